The molecule has 114 valence electrons. The number of benzene rings is 1. The van der Waals surface area contributed by atoms with Gasteiger partial charge in [-0.25, -0.2) is 13.1 Å². The fourth-order valence-electron chi connectivity index (χ4n) is 1.83. The minimum absolute atomic E-state index is 0.294. The first kappa shape index (κ1) is 17.3. The van der Waals surface area contributed by atoms with Crippen LogP contribution in [0, 0.1) is 0 Å². The molecule has 2 N–H and O–H groups in total. The molecule has 0 aliphatic rings. The molecule has 0 saturated heterocycles. The molecule has 0 amide bonds. The topological polar surface area (TPSA) is 58.2 Å². The van der Waals surface area contributed by atoms with E-state index < -0.39 is 10.0 Å². The molecule has 0 saturated carbocycles. The second-order valence-electron chi connectivity index (χ2n) is 4.57. The van der Waals surface area contributed by atoms with Crippen molar-refractivity contribution in [1.29, 1.82) is 0 Å². The van der Waals surface area contributed by atoms with E-state index in [4.69, 9.17) is 0 Å². The van der Waals surface area contributed by atoms with E-state index >= 15 is 0 Å². The largest absolute Gasteiger partial charge is 0.385 e. The van der Waals surface area contributed by atoms with E-state index in [2.05, 4.69) is 16.3 Å². The third-order valence-electron chi connectivity index (χ3n) is 3.04. The number of rotatable bonds is 10. The predicted molar refractivity (Wildman–Crippen MR) is 88.0 cm³/mol. The SMILES string of the molecule is CNS(=O)(=O)c1ccc(NCCCCCCSC)cc1. The lowest BCUT2D eigenvalue weighted by atomic mass is 10.2. The molecule has 0 aromatic heterocycles. The van der Waals surface area contributed by atoms with E-state index in [0.29, 0.717) is 4.90 Å². The van der Waals surface area contributed by atoms with Crippen LogP contribution in [-0.4, -0.2) is 34.0 Å². The van der Waals surface area contributed by atoms with Crippen LogP contribution in [0.1, 0.15) is 25.7 Å². The van der Waals surface area contributed by atoms with Gasteiger partial charge in [0, 0.05) is 12.2 Å². The van der Waals surface area contributed by atoms with Gasteiger partial charge in [-0.3, -0.25) is 0 Å². The molecule has 0 atom stereocenters. The molecule has 0 unspecified atom stereocenters. The Hall–Kier alpha value is -0.720. The van der Waals surface area contributed by atoms with Crippen LogP contribution >= 0.6 is 11.8 Å². The molecule has 20 heavy (non-hydrogen) atoms. The molecule has 0 spiro atoms. The van der Waals surface area contributed by atoms with Gasteiger partial charge in [0.2, 0.25) is 10.0 Å². The number of thioether (sulfide) groups is 1. The fourth-order valence-corrected chi connectivity index (χ4v) is 3.05. The third-order valence-corrected chi connectivity index (χ3v) is 5.16. The lowest BCUT2D eigenvalue weighted by Crippen LogP contribution is -2.18. The first-order valence-corrected chi connectivity index (χ1v) is 9.74. The van der Waals surface area contributed by atoms with E-state index in [9.17, 15) is 8.42 Å². The van der Waals surface area contributed by atoms with Gasteiger partial charge in [-0.15, -0.1) is 0 Å². The smallest absolute Gasteiger partial charge is 0.240 e. The summed E-state index contributed by atoms with van der Waals surface area (Å²) >= 11 is 1.90. The number of hydrogen-bond donors (Lipinski definition) is 2. The van der Waals surface area contributed by atoms with Gasteiger partial charge in [-0.2, -0.15) is 11.8 Å². The first-order valence-electron chi connectivity index (χ1n) is 6.86. The Bertz CT molecular complexity index is 472. The lowest BCUT2D eigenvalue weighted by molar-refractivity contribution is 0.588. The van der Waals surface area contributed by atoms with Crippen molar-refractivity contribution in [3.63, 3.8) is 0 Å². The van der Waals surface area contributed by atoms with Crippen LogP contribution in [-0.2, 0) is 10.0 Å². The zero-order valence-electron chi connectivity index (χ0n) is 12.2. The van der Waals surface area contributed by atoms with Crippen molar-refractivity contribution >= 4 is 27.5 Å². The van der Waals surface area contributed by atoms with Crippen molar-refractivity contribution in [2.24, 2.45) is 0 Å². The second-order valence-corrected chi connectivity index (χ2v) is 7.44. The van der Waals surface area contributed by atoms with Crippen molar-refractivity contribution in [2.75, 3.05) is 30.9 Å². The third kappa shape index (κ3) is 6.15. The summed E-state index contributed by atoms with van der Waals surface area (Å²) in [6, 6.07) is 6.84. The molecule has 0 heterocycles. The van der Waals surface area contributed by atoms with E-state index in [-0.39, 0.29) is 0 Å². The highest BCUT2D eigenvalue weighted by Crippen LogP contribution is 2.14. The summed E-state index contributed by atoms with van der Waals surface area (Å²) in [5, 5.41) is 3.31. The van der Waals surface area contributed by atoms with Crippen LogP contribution < -0.4 is 10.0 Å². The Morgan fingerprint density at radius 3 is 2.30 bits per heavy atom. The molecule has 0 radical (unpaired) electrons. The van der Waals surface area contributed by atoms with Gasteiger partial charge in [0.1, 0.15) is 0 Å². The maximum absolute atomic E-state index is 11.6. The summed E-state index contributed by atoms with van der Waals surface area (Å²) in [6.07, 6.45) is 7.09. The molecular weight excluding hydrogens is 292 g/mol. The Kier molecular flexibility index (Phi) is 8.02. The van der Waals surface area contributed by atoms with Crippen molar-refractivity contribution in [3.05, 3.63) is 24.3 Å². The van der Waals surface area contributed by atoms with Crippen molar-refractivity contribution < 1.29 is 8.42 Å². The van der Waals surface area contributed by atoms with Crippen LogP contribution in [0.4, 0.5) is 5.69 Å². The highest BCUT2D eigenvalue weighted by atomic mass is 32.2. The molecule has 4 nitrogen and oxygen atoms in total. The summed E-state index contributed by atoms with van der Waals surface area (Å²) in [6.45, 7) is 0.928. The van der Waals surface area contributed by atoms with Gasteiger partial charge in [-0.1, -0.05) is 12.8 Å². The Labute approximate surface area is 126 Å². The van der Waals surface area contributed by atoms with Gasteiger partial charge in [0.25, 0.3) is 0 Å². The molecule has 0 fully saturated rings. The van der Waals surface area contributed by atoms with Crippen molar-refractivity contribution in [1.82, 2.24) is 4.72 Å². The fraction of sp³-hybridized carbons (Fsp3) is 0.571. The predicted octanol–water partition coefficient (Wildman–Crippen LogP) is 2.93. The average Bonchev–Trinajstić information content (AvgIpc) is 2.47. The lowest BCUT2D eigenvalue weighted by Gasteiger charge is -2.07. The highest BCUT2D eigenvalue weighted by molar-refractivity contribution is 7.98. The van der Waals surface area contributed by atoms with Gasteiger partial charge in [-0.05, 0) is 56.2 Å². The minimum Gasteiger partial charge on any atom is -0.385 e. The van der Waals surface area contributed by atoms with Crippen LogP contribution in [0.25, 0.3) is 0 Å². The molecular formula is C14H24N2O2S2. The minimum atomic E-state index is -3.33. The van der Waals surface area contributed by atoms with E-state index in [1.807, 2.05) is 11.8 Å². The van der Waals surface area contributed by atoms with E-state index in [0.717, 1.165) is 18.7 Å². The number of nitrogens with one attached hydrogen (secondary N) is 2. The van der Waals surface area contributed by atoms with Gasteiger partial charge in [0.15, 0.2) is 0 Å². The maximum Gasteiger partial charge on any atom is 0.240 e. The van der Waals surface area contributed by atoms with Crippen LogP contribution in [0.5, 0.6) is 0 Å². The Balaban J connectivity index is 2.29. The quantitative estimate of drug-likeness (QED) is 0.652. The first-order chi connectivity index (χ1) is 9.60. The summed E-state index contributed by atoms with van der Waals surface area (Å²) in [7, 11) is -1.92. The standard InChI is InChI=1S/C14H24N2O2S2/c1-15-20(17,18)14-9-7-13(8-10-14)16-11-5-3-4-6-12-19-2/h7-10,15-16H,3-6,11-12H2,1-2H3. The molecule has 0 aliphatic carbocycles. The number of hydrogen-bond acceptors (Lipinski definition) is 4. The van der Waals surface area contributed by atoms with Crippen molar-refractivity contribution in [2.45, 2.75) is 30.6 Å². The zero-order chi connectivity index (χ0) is 14.8. The molecule has 0 bridgehead atoms. The second kappa shape index (κ2) is 9.26. The van der Waals surface area contributed by atoms with Crippen molar-refractivity contribution in [3.8, 4) is 0 Å². The van der Waals surface area contributed by atoms with Crippen LogP contribution in [0.15, 0.2) is 29.2 Å². The monoisotopic (exact) mass is 316 g/mol. The Morgan fingerprint density at radius 2 is 1.70 bits per heavy atom. The Morgan fingerprint density at radius 1 is 1.05 bits per heavy atom. The number of sulfonamides is 1. The van der Waals surface area contributed by atoms with Gasteiger partial charge < -0.3 is 5.32 Å². The van der Waals surface area contributed by atoms with Gasteiger partial charge in [0.05, 0.1) is 4.90 Å². The summed E-state index contributed by atoms with van der Waals surface area (Å²) in [5.74, 6) is 1.24. The summed E-state index contributed by atoms with van der Waals surface area (Å²) < 4.78 is 25.4. The highest BCUT2D eigenvalue weighted by Gasteiger charge is 2.09. The van der Waals surface area contributed by atoms with Crippen LogP contribution in [0.2, 0.25) is 0 Å². The van der Waals surface area contributed by atoms with E-state index in [1.54, 1.807) is 24.3 Å². The van der Waals surface area contributed by atoms with Crippen LogP contribution in [0.3, 0.4) is 0 Å². The molecule has 1 rings (SSSR count). The number of unbranched alkanes of at least 4 members (excludes halogenated alkanes) is 3. The zero-order valence-corrected chi connectivity index (χ0v) is 13.8. The summed E-state index contributed by atoms with van der Waals surface area (Å²) in [5.41, 5.74) is 0.962. The van der Waals surface area contributed by atoms with Gasteiger partial charge >= 0.3 is 0 Å². The summed E-state index contributed by atoms with van der Waals surface area (Å²) in [4.78, 5) is 0.294. The number of anilines is 1. The maximum atomic E-state index is 11.6. The average molecular weight is 316 g/mol. The molecule has 1 aromatic carbocycles. The molecule has 1 aromatic rings. The van der Waals surface area contributed by atoms with E-state index in [1.165, 1.54) is 32.1 Å². The molecule has 0 aliphatic heterocycles. The molecule has 6 heteroatoms. The normalized spacial score (nSPS) is 11.5.